The fourth-order valence-corrected chi connectivity index (χ4v) is 3.90. The second kappa shape index (κ2) is 6.71. The number of hydrogen-bond donors (Lipinski definition) is 0. The lowest BCUT2D eigenvalue weighted by Crippen LogP contribution is -2.44. The topological polar surface area (TPSA) is 76.0 Å². The third kappa shape index (κ3) is 4.56. The van der Waals surface area contributed by atoms with Gasteiger partial charge >= 0.3 is 6.09 Å². The molecule has 0 radical (unpaired) electrons. The van der Waals surface area contributed by atoms with Crippen LogP contribution in [0.4, 0.5) is 4.79 Å². The van der Waals surface area contributed by atoms with Crippen molar-refractivity contribution < 1.29 is 18.5 Å². The molecular weight excluding hydrogens is 292 g/mol. The summed E-state index contributed by atoms with van der Waals surface area (Å²) in [5.41, 5.74) is 0.915. The highest BCUT2D eigenvalue weighted by Crippen LogP contribution is 2.10. The first-order chi connectivity index (χ1) is 9.98. The lowest BCUT2D eigenvalue weighted by Gasteiger charge is -2.27. The number of amides is 2. The smallest absolute Gasteiger partial charge is 0.410 e. The summed E-state index contributed by atoms with van der Waals surface area (Å²) in [5.74, 6) is 0.000130. The Morgan fingerprint density at radius 1 is 1.24 bits per heavy atom. The lowest BCUT2D eigenvalue weighted by atomic mass is 10.2. The summed E-state index contributed by atoms with van der Waals surface area (Å²) in [4.78, 5) is 24.4. The fraction of sp³-hybridized carbons (Fsp3) is 0.429. The number of carbonyl (C=O) groups is 2. The Labute approximate surface area is 124 Å². The minimum absolute atomic E-state index is 0.212. The standard InChI is InChI=1S/C14H18N2O4S/c1-12(17)15-21(19)9-7-16(8-10-21)14(18)20-11-13-5-3-2-4-6-13/h2-6H,7-11H2,1H3. The number of ether oxygens (including phenoxy) is 1. The van der Waals surface area contributed by atoms with E-state index in [-0.39, 0.29) is 18.1 Å². The van der Waals surface area contributed by atoms with Gasteiger partial charge in [0.15, 0.2) is 0 Å². The van der Waals surface area contributed by atoms with Gasteiger partial charge in [-0.2, -0.15) is 4.36 Å². The number of nitrogens with zero attached hydrogens (tertiary/aromatic N) is 2. The summed E-state index contributed by atoms with van der Waals surface area (Å²) in [6.07, 6.45) is -0.428. The predicted octanol–water partition coefficient (Wildman–Crippen LogP) is 1.65. The number of hydrogen-bond acceptors (Lipinski definition) is 4. The van der Waals surface area contributed by atoms with E-state index in [1.165, 1.54) is 11.8 Å². The van der Waals surface area contributed by atoms with Crippen LogP contribution >= 0.6 is 0 Å². The van der Waals surface area contributed by atoms with E-state index in [1.807, 2.05) is 30.3 Å². The fourth-order valence-electron chi connectivity index (χ4n) is 2.04. The highest BCUT2D eigenvalue weighted by atomic mass is 32.2. The van der Waals surface area contributed by atoms with Crippen LogP contribution in [0.3, 0.4) is 0 Å². The van der Waals surface area contributed by atoms with E-state index in [0.29, 0.717) is 13.1 Å². The van der Waals surface area contributed by atoms with Crippen molar-refractivity contribution >= 4 is 21.7 Å². The first-order valence-corrected chi connectivity index (χ1v) is 8.52. The molecule has 0 saturated carbocycles. The maximum absolute atomic E-state index is 12.2. The van der Waals surface area contributed by atoms with Crippen LogP contribution in [-0.2, 0) is 25.9 Å². The lowest BCUT2D eigenvalue weighted by molar-refractivity contribution is -0.115. The summed E-state index contributed by atoms with van der Waals surface area (Å²) >= 11 is 0. The Kier molecular flexibility index (Phi) is 4.95. The van der Waals surface area contributed by atoms with Gasteiger partial charge in [-0.15, -0.1) is 0 Å². The second-order valence-electron chi connectivity index (χ2n) is 4.82. The van der Waals surface area contributed by atoms with E-state index in [9.17, 15) is 13.8 Å². The van der Waals surface area contributed by atoms with E-state index >= 15 is 0 Å². The molecule has 114 valence electrons. The zero-order chi connectivity index (χ0) is 15.3. The third-order valence-electron chi connectivity index (χ3n) is 3.12. The van der Waals surface area contributed by atoms with Gasteiger partial charge in [0.05, 0.1) is 21.2 Å². The molecule has 6 nitrogen and oxygen atoms in total. The molecule has 0 aromatic heterocycles. The predicted molar refractivity (Wildman–Crippen MR) is 79.2 cm³/mol. The van der Waals surface area contributed by atoms with Crippen LogP contribution in [0, 0.1) is 0 Å². The number of rotatable bonds is 2. The molecule has 1 fully saturated rings. The Hall–Kier alpha value is -1.89. The zero-order valence-corrected chi connectivity index (χ0v) is 12.7. The van der Waals surface area contributed by atoms with Gasteiger partial charge < -0.3 is 9.64 Å². The van der Waals surface area contributed by atoms with Crippen molar-refractivity contribution in [3.63, 3.8) is 0 Å². The Morgan fingerprint density at radius 3 is 2.43 bits per heavy atom. The molecule has 2 amide bonds. The van der Waals surface area contributed by atoms with Gasteiger partial charge in [0.25, 0.3) is 5.91 Å². The molecule has 1 aromatic carbocycles. The first kappa shape index (κ1) is 15.5. The normalized spacial score (nSPS) is 17.1. The van der Waals surface area contributed by atoms with Crippen molar-refractivity contribution in [3.8, 4) is 0 Å². The van der Waals surface area contributed by atoms with E-state index < -0.39 is 21.7 Å². The third-order valence-corrected chi connectivity index (χ3v) is 5.35. The summed E-state index contributed by atoms with van der Waals surface area (Å²) in [6.45, 7) is 2.09. The van der Waals surface area contributed by atoms with Crippen LogP contribution < -0.4 is 0 Å². The van der Waals surface area contributed by atoms with Crippen molar-refractivity contribution in [1.29, 1.82) is 0 Å². The van der Waals surface area contributed by atoms with Gasteiger partial charge in [0.2, 0.25) is 0 Å². The molecule has 0 N–H and O–H groups in total. The minimum atomic E-state index is -2.50. The van der Waals surface area contributed by atoms with Crippen LogP contribution in [0.15, 0.2) is 34.7 Å². The van der Waals surface area contributed by atoms with E-state index in [1.54, 1.807) is 0 Å². The molecule has 2 rings (SSSR count). The Morgan fingerprint density at radius 2 is 1.86 bits per heavy atom. The average Bonchev–Trinajstić information content (AvgIpc) is 2.45. The van der Waals surface area contributed by atoms with Crippen molar-refractivity contribution in [2.24, 2.45) is 4.36 Å². The van der Waals surface area contributed by atoms with E-state index in [0.717, 1.165) is 5.56 Å². The summed E-state index contributed by atoms with van der Waals surface area (Å²) < 4.78 is 21.1. The minimum Gasteiger partial charge on any atom is -0.445 e. The van der Waals surface area contributed by atoms with Gasteiger partial charge in [-0.05, 0) is 5.56 Å². The zero-order valence-electron chi connectivity index (χ0n) is 11.9. The molecule has 0 aliphatic carbocycles. The molecule has 1 heterocycles. The molecule has 7 heteroatoms. The van der Waals surface area contributed by atoms with E-state index in [2.05, 4.69) is 4.36 Å². The highest BCUT2D eigenvalue weighted by Gasteiger charge is 2.25. The maximum atomic E-state index is 12.2. The van der Waals surface area contributed by atoms with Crippen LogP contribution in [0.25, 0.3) is 0 Å². The molecule has 0 bridgehead atoms. The largest absolute Gasteiger partial charge is 0.445 e. The van der Waals surface area contributed by atoms with Crippen molar-refractivity contribution in [2.75, 3.05) is 24.6 Å². The Bertz CT molecular complexity index is 622. The average molecular weight is 310 g/mol. The molecule has 0 unspecified atom stereocenters. The number of benzene rings is 1. The summed E-state index contributed by atoms with van der Waals surface area (Å²) in [5, 5.41) is 0. The summed E-state index contributed by atoms with van der Waals surface area (Å²) in [7, 11) is -2.50. The molecule has 21 heavy (non-hydrogen) atoms. The highest BCUT2D eigenvalue weighted by molar-refractivity contribution is 7.94. The molecule has 0 atom stereocenters. The SMILES string of the molecule is CC(=O)N=S1(=O)CCN(C(=O)OCc2ccccc2)CC1. The van der Waals surface area contributed by atoms with Gasteiger partial charge in [0, 0.05) is 20.0 Å². The number of carbonyl (C=O) groups excluding carboxylic acids is 2. The van der Waals surface area contributed by atoms with Crippen LogP contribution in [0.5, 0.6) is 0 Å². The van der Waals surface area contributed by atoms with Crippen LogP contribution in [0.1, 0.15) is 12.5 Å². The van der Waals surface area contributed by atoms with Crippen molar-refractivity contribution in [3.05, 3.63) is 35.9 Å². The van der Waals surface area contributed by atoms with Gasteiger partial charge in [0.1, 0.15) is 6.61 Å². The van der Waals surface area contributed by atoms with Gasteiger partial charge in [-0.25, -0.2) is 9.00 Å². The first-order valence-electron chi connectivity index (χ1n) is 6.67. The van der Waals surface area contributed by atoms with Crippen molar-refractivity contribution in [2.45, 2.75) is 13.5 Å². The molecule has 1 aromatic rings. The molecule has 0 spiro atoms. The molecule has 1 saturated heterocycles. The molecular formula is C14H18N2O4S. The molecule has 1 aliphatic rings. The van der Waals surface area contributed by atoms with Crippen LogP contribution in [-0.4, -0.2) is 45.7 Å². The molecule has 1 aliphatic heterocycles. The van der Waals surface area contributed by atoms with Gasteiger partial charge in [-0.3, -0.25) is 4.79 Å². The second-order valence-corrected chi connectivity index (χ2v) is 7.36. The summed E-state index contributed by atoms with van der Waals surface area (Å²) in [6, 6.07) is 9.40. The monoisotopic (exact) mass is 310 g/mol. The quantitative estimate of drug-likeness (QED) is 0.832. The van der Waals surface area contributed by atoms with E-state index in [4.69, 9.17) is 4.74 Å². The Balaban J connectivity index is 1.86. The maximum Gasteiger partial charge on any atom is 0.410 e. The van der Waals surface area contributed by atoms with Crippen LogP contribution in [0.2, 0.25) is 0 Å². The van der Waals surface area contributed by atoms with Crippen molar-refractivity contribution in [1.82, 2.24) is 4.90 Å². The van der Waals surface area contributed by atoms with Gasteiger partial charge in [-0.1, -0.05) is 30.3 Å².